The molecule has 1 unspecified atom stereocenters. The molecule has 0 aromatic heterocycles. The topological polar surface area (TPSA) is 105 Å². The highest BCUT2D eigenvalue weighted by Crippen LogP contribution is 2.44. The van der Waals surface area contributed by atoms with Crippen LogP contribution >= 0.6 is 0 Å². The summed E-state index contributed by atoms with van der Waals surface area (Å²) in [6.45, 7) is 4.44. The number of ether oxygens (including phenoxy) is 1. The van der Waals surface area contributed by atoms with Gasteiger partial charge in [0.2, 0.25) is 5.91 Å². The van der Waals surface area contributed by atoms with E-state index < -0.39 is 17.6 Å². The first-order valence-corrected chi connectivity index (χ1v) is 12.4. The van der Waals surface area contributed by atoms with Crippen molar-refractivity contribution in [3.63, 3.8) is 0 Å². The van der Waals surface area contributed by atoms with Crippen LogP contribution in [-0.2, 0) is 14.3 Å². The number of carbonyl (C=O) groups is 3. The van der Waals surface area contributed by atoms with Crippen LogP contribution in [-0.4, -0.2) is 41.8 Å². The molecule has 3 N–H and O–H groups in total. The van der Waals surface area contributed by atoms with Crippen LogP contribution in [0, 0.1) is 11.8 Å². The maximum absolute atomic E-state index is 12.8. The Bertz CT molecular complexity index is 1050. The molecule has 7 nitrogen and oxygen atoms in total. The van der Waals surface area contributed by atoms with Crippen molar-refractivity contribution in [3.8, 4) is 11.1 Å². The summed E-state index contributed by atoms with van der Waals surface area (Å²) < 4.78 is 5.68. The van der Waals surface area contributed by atoms with E-state index in [-0.39, 0.29) is 43.1 Å². The standard InChI is InChI=1S/C28H34N2O5/c1-18(2)19(14-26(32)33)16-29-25(31)15-28(12-7-13-28)30-27(34)35-17-24-22-10-5-3-8-20(22)21-9-4-6-11-23(21)24/h3-6,8-11,18-19,24H,7,12-17H2,1-2H3,(H,29,31)(H,30,34)(H,32,33). The molecule has 0 radical (unpaired) electrons. The Balaban J connectivity index is 1.32. The molecule has 1 fully saturated rings. The fraction of sp³-hybridized carbons (Fsp3) is 0.464. The van der Waals surface area contributed by atoms with Gasteiger partial charge in [0.15, 0.2) is 0 Å². The lowest BCUT2D eigenvalue weighted by Crippen LogP contribution is -2.56. The minimum Gasteiger partial charge on any atom is -0.481 e. The number of hydrogen-bond acceptors (Lipinski definition) is 4. The Kier molecular flexibility index (Phi) is 7.43. The van der Waals surface area contributed by atoms with Crippen LogP contribution in [0.4, 0.5) is 4.79 Å². The molecule has 186 valence electrons. The molecule has 7 heteroatoms. The van der Waals surface area contributed by atoms with E-state index in [1.54, 1.807) is 0 Å². The number of aliphatic carboxylic acids is 1. The van der Waals surface area contributed by atoms with E-state index in [1.165, 1.54) is 11.1 Å². The Morgan fingerprint density at radius 1 is 1.03 bits per heavy atom. The second kappa shape index (κ2) is 10.5. The van der Waals surface area contributed by atoms with Crippen molar-refractivity contribution in [2.75, 3.05) is 13.2 Å². The molecule has 2 amide bonds. The summed E-state index contributed by atoms with van der Waals surface area (Å²) in [6, 6.07) is 16.4. The van der Waals surface area contributed by atoms with Crippen LogP contribution in [0.25, 0.3) is 11.1 Å². The SMILES string of the molecule is CC(C)C(CNC(=O)CC1(NC(=O)OCC2c3ccccc3-c3ccccc32)CCC1)CC(=O)O. The van der Waals surface area contributed by atoms with E-state index in [4.69, 9.17) is 9.84 Å². The van der Waals surface area contributed by atoms with E-state index in [0.717, 1.165) is 17.5 Å². The number of carboxylic acid groups (broad SMARTS) is 1. The van der Waals surface area contributed by atoms with Gasteiger partial charge in [0.05, 0.1) is 12.0 Å². The predicted molar refractivity (Wildman–Crippen MR) is 133 cm³/mol. The molecule has 4 rings (SSSR count). The molecule has 0 spiro atoms. The fourth-order valence-electron chi connectivity index (χ4n) is 5.18. The van der Waals surface area contributed by atoms with Crippen LogP contribution in [0.3, 0.4) is 0 Å². The molecule has 0 aliphatic heterocycles. The molecule has 1 atom stereocenters. The van der Waals surface area contributed by atoms with Gasteiger partial charge < -0.3 is 20.5 Å². The van der Waals surface area contributed by atoms with E-state index >= 15 is 0 Å². The number of nitrogens with one attached hydrogen (secondary N) is 2. The van der Waals surface area contributed by atoms with Crippen LogP contribution in [0.5, 0.6) is 0 Å². The summed E-state index contributed by atoms with van der Waals surface area (Å²) >= 11 is 0. The van der Waals surface area contributed by atoms with E-state index in [1.807, 2.05) is 38.1 Å². The van der Waals surface area contributed by atoms with Crippen LogP contribution < -0.4 is 10.6 Å². The highest BCUT2D eigenvalue weighted by molar-refractivity contribution is 5.80. The molecular formula is C28H34N2O5. The summed E-state index contributed by atoms with van der Waals surface area (Å²) in [5.41, 5.74) is 4.05. The smallest absolute Gasteiger partial charge is 0.407 e. The lowest BCUT2D eigenvalue weighted by molar-refractivity contribution is -0.138. The molecule has 0 saturated heterocycles. The first kappa shape index (κ1) is 24.8. The number of amides is 2. The lowest BCUT2D eigenvalue weighted by atomic mass is 9.74. The third-order valence-electron chi connectivity index (χ3n) is 7.46. The minimum atomic E-state index is -0.870. The third-order valence-corrected chi connectivity index (χ3v) is 7.46. The number of carbonyl (C=O) groups excluding carboxylic acids is 2. The Hall–Kier alpha value is -3.35. The predicted octanol–water partition coefficient (Wildman–Crippen LogP) is 4.70. The van der Waals surface area contributed by atoms with Crippen LogP contribution in [0.15, 0.2) is 48.5 Å². The number of carboxylic acids is 1. The quantitative estimate of drug-likeness (QED) is 0.459. The van der Waals surface area contributed by atoms with Gasteiger partial charge in [-0.3, -0.25) is 9.59 Å². The van der Waals surface area contributed by atoms with Crippen molar-refractivity contribution >= 4 is 18.0 Å². The fourth-order valence-corrected chi connectivity index (χ4v) is 5.18. The van der Waals surface area contributed by atoms with Crippen molar-refractivity contribution in [1.82, 2.24) is 10.6 Å². The van der Waals surface area contributed by atoms with Crippen LogP contribution in [0.2, 0.25) is 0 Å². The van der Waals surface area contributed by atoms with Gasteiger partial charge in [-0.05, 0) is 53.4 Å². The average Bonchev–Trinajstić information content (AvgIpc) is 3.12. The van der Waals surface area contributed by atoms with Crippen molar-refractivity contribution in [2.45, 2.75) is 57.4 Å². The second-order valence-electron chi connectivity index (χ2n) is 10.2. The monoisotopic (exact) mass is 478 g/mol. The number of alkyl carbamates (subject to hydrolysis) is 1. The van der Waals surface area contributed by atoms with E-state index in [9.17, 15) is 14.4 Å². The summed E-state index contributed by atoms with van der Waals surface area (Å²) in [5, 5.41) is 14.9. The first-order chi connectivity index (χ1) is 16.8. The largest absolute Gasteiger partial charge is 0.481 e. The average molecular weight is 479 g/mol. The molecule has 2 aliphatic carbocycles. The number of hydrogen-bond donors (Lipinski definition) is 3. The normalized spacial score (nSPS) is 16.5. The van der Waals surface area contributed by atoms with Gasteiger partial charge >= 0.3 is 12.1 Å². The molecule has 0 bridgehead atoms. The van der Waals surface area contributed by atoms with Crippen molar-refractivity contribution < 1.29 is 24.2 Å². The highest BCUT2D eigenvalue weighted by Gasteiger charge is 2.41. The van der Waals surface area contributed by atoms with Gasteiger partial charge in [-0.25, -0.2) is 4.79 Å². The molecule has 2 aliphatic rings. The molecule has 35 heavy (non-hydrogen) atoms. The number of rotatable bonds is 10. The first-order valence-electron chi connectivity index (χ1n) is 12.4. The minimum absolute atomic E-state index is 0.0150. The van der Waals surface area contributed by atoms with Gasteiger partial charge in [-0.1, -0.05) is 62.4 Å². The van der Waals surface area contributed by atoms with Gasteiger partial charge in [-0.15, -0.1) is 0 Å². The van der Waals surface area contributed by atoms with Crippen molar-refractivity contribution in [1.29, 1.82) is 0 Å². The molecule has 1 saturated carbocycles. The van der Waals surface area contributed by atoms with E-state index in [0.29, 0.717) is 19.4 Å². The van der Waals surface area contributed by atoms with Crippen molar-refractivity contribution in [2.24, 2.45) is 11.8 Å². The van der Waals surface area contributed by atoms with Gasteiger partial charge in [-0.2, -0.15) is 0 Å². The summed E-state index contributed by atoms with van der Waals surface area (Å²) in [5.74, 6) is -1.06. The highest BCUT2D eigenvalue weighted by atomic mass is 16.5. The second-order valence-corrected chi connectivity index (χ2v) is 10.2. The third kappa shape index (κ3) is 5.66. The maximum atomic E-state index is 12.8. The lowest BCUT2D eigenvalue weighted by Gasteiger charge is -2.41. The molecule has 0 heterocycles. The van der Waals surface area contributed by atoms with Gasteiger partial charge in [0.1, 0.15) is 6.61 Å². The maximum Gasteiger partial charge on any atom is 0.407 e. The van der Waals surface area contributed by atoms with Crippen LogP contribution in [0.1, 0.15) is 63.0 Å². The van der Waals surface area contributed by atoms with Crippen molar-refractivity contribution in [3.05, 3.63) is 59.7 Å². The Morgan fingerprint density at radius 3 is 2.14 bits per heavy atom. The number of fused-ring (bicyclic) bond motifs is 3. The zero-order chi connectivity index (χ0) is 25.0. The van der Waals surface area contributed by atoms with E-state index in [2.05, 4.69) is 34.9 Å². The van der Waals surface area contributed by atoms with Gasteiger partial charge in [0, 0.05) is 18.9 Å². The zero-order valence-corrected chi connectivity index (χ0v) is 20.4. The zero-order valence-electron chi connectivity index (χ0n) is 20.4. The summed E-state index contributed by atoms with van der Waals surface area (Å²) in [6.07, 6.45) is 2.03. The molecule has 2 aromatic rings. The molecule has 2 aromatic carbocycles. The number of benzene rings is 2. The summed E-state index contributed by atoms with van der Waals surface area (Å²) in [4.78, 5) is 36.5. The van der Waals surface area contributed by atoms with Gasteiger partial charge in [0.25, 0.3) is 0 Å². The summed E-state index contributed by atoms with van der Waals surface area (Å²) in [7, 11) is 0. The Morgan fingerprint density at radius 2 is 1.63 bits per heavy atom. The molecular weight excluding hydrogens is 444 g/mol. The Labute approximate surface area is 206 Å².